The third kappa shape index (κ3) is 11.1. The first-order valence-corrected chi connectivity index (χ1v) is 5.82. The minimum Gasteiger partial charge on any atom is -0.442 e. The van der Waals surface area contributed by atoms with Crippen LogP contribution in [0.3, 0.4) is 0 Å². The van der Waals surface area contributed by atoms with E-state index in [1.54, 1.807) is 41.5 Å². The predicted octanol–water partition coefficient (Wildman–Crippen LogP) is 3.73. The van der Waals surface area contributed by atoms with Crippen LogP contribution in [0.2, 0.25) is 0 Å². The number of carbonyl (C=O) groups excluding carboxylic acids is 2. The van der Waals surface area contributed by atoms with E-state index >= 15 is 0 Å². The number of amidine groups is 1. The van der Waals surface area contributed by atoms with Crippen LogP contribution in [0.1, 0.15) is 48.5 Å². The molecule has 0 spiro atoms. The van der Waals surface area contributed by atoms with Gasteiger partial charge in [0.15, 0.2) is 5.84 Å². The molecule has 0 bridgehead atoms. The average molecular weight is 271 g/mol. The lowest BCUT2D eigenvalue weighted by Crippen LogP contribution is -2.22. The summed E-state index contributed by atoms with van der Waals surface area (Å²) in [4.78, 5) is 26.1. The Morgan fingerprint density at radius 2 is 1.21 bits per heavy atom. The fourth-order valence-electron chi connectivity index (χ4n) is 0.835. The van der Waals surface area contributed by atoms with Gasteiger partial charge in [-0.3, -0.25) is 0 Å². The Hall–Kier alpha value is -1.79. The number of hydrogen-bond donors (Lipinski definition) is 0. The molecule has 0 aliphatic carbocycles. The normalized spacial score (nSPS) is 13.5. The molecule has 7 heteroatoms. The standard InChI is InChI=1S/C12H21N3O4/c1-8(13-9(16)18-11(2,3)4)14-15-10(17)19-12(5,6)7/h1-7H3. The molecule has 0 N–H and O–H groups in total. The van der Waals surface area contributed by atoms with Crippen molar-refractivity contribution in [3.63, 3.8) is 0 Å². The summed E-state index contributed by atoms with van der Waals surface area (Å²) >= 11 is 0. The Balaban J connectivity index is 4.48. The third-order valence-electron chi connectivity index (χ3n) is 1.32. The second-order valence-corrected chi connectivity index (χ2v) is 5.82. The van der Waals surface area contributed by atoms with Crippen LogP contribution >= 0.6 is 0 Å². The Morgan fingerprint density at radius 1 is 0.789 bits per heavy atom. The minimum atomic E-state index is -0.841. The molecule has 7 nitrogen and oxygen atoms in total. The van der Waals surface area contributed by atoms with Crippen molar-refractivity contribution in [2.75, 3.05) is 0 Å². The summed E-state index contributed by atoms with van der Waals surface area (Å²) in [5.41, 5.74) is -1.28. The highest BCUT2D eigenvalue weighted by atomic mass is 16.6. The molecular weight excluding hydrogens is 250 g/mol. The molecule has 0 fully saturated rings. The molecule has 0 unspecified atom stereocenters. The molecule has 0 saturated carbocycles. The zero-order valence-corrected chi connectivity index (χ0v) is 12.5. The zero-order chi connectivity index (χ0) is 15.3. The van der Waals surface area contributed by atoms with E-state index in [0.717, 1.165) is 0 Å². The average Bonchev–Trinajstić information content (AvgIpc) is 2.08. The molecule has 0 radical (unpaired) electrons. The minimum absolute atomic E-state index is 0.0140. The quantitative estimate of drug-likeness (QED) is 0.381. The van der Waals surface area contributed by atoms with Gasteiger partial charge in [-0.1, -0.05) is 5.11 Å². The van der Waals surface area contributed by atoms with E-state index in [2.05, 4.69) is 15.2 Å². The third-order valence-corrected chi connectivity index (χ3v) is 1.32. The van der Waals surface area contributed by atoms with Gasteiger partial charge in [0.1, 0.15) is 11.2 Å². The molecular formula is C12H21N3O4. The summed E-state index contributed by atoms with van der Waals surface area (Å²) in [5, 5.41) is 6.76. The van der Waals surface area contributed by atoms with Gasteiger partial charge in [-0.05, 0) is 48.5 Å². The monoisotopic (exact) mass is 271 g/mol. The van der Waals surface area contributed by atoms with Gasteiger partial charge in [-0.15, -0.1) is 5.11 Å². The largest absolute Gasteiger partial charge is 0.453 e. The van der Waals surface area contributed by atoms with Crippen molar-refractivity contribution in [2.24, 2.45) is 15.2 Å². The lowest BCUT2D eigenvalue weighted by Gasteiger charge is -2.17. The van der Waals surface area contributed by atoms with E-state index < -0.39 is 23.4 Å². The van der Waals surface area contributed by atoms with Gasteiger partial charge in [0.05, 0.1) is 0 Å². The Kier molecular flexibility index (Phi) is 5.80. The summed E-state index contributed by atoms with van der Waals surface area (Å²) in [6.07, 6.45) is -1.63. The van der Waals surface area contributed by atoms with Gasteiger partial charge in [0, 0.05) is 0 Å². The maximum Gasteiger partial charge on any atom is 0.453 e. The van der Waals surface area contributed by atoms with Crippen molar-refractivity contribution in [2.45, 2.75) is 59.7 Å². The molecule has 19 heavy (non-hydrogen) atoms. The number of amides is 2. The molecule has 0 aromatic carbocycles. The summed E-state index contributed by atoms with van der Waals surface area (Å²) in [5.74, 6) is 0.0140. The van der Waals surface area contributed by atoms with Gasteiger partial charge in [0.2, 0.25) is 0 Å². The van der Waals surface area contributed by atoms with Crippen molar-refractivity contribution in [1.29, 1.82) is 0 Å². The van der Waals surface area contributed by atoms with Crippen LogP contribution in [-0.4, -0.2) is 29.2 Å². The van der Waals surface area contributed by atoms with Crippen molar-refractivity contribution < 1.29 is 19.1 Å². The highest BCUT2D eigenvalue weighted by molar-refractivity contribution is 5.91. The summed E-state index contributed by atoms with van der Waals surface area (Å²) < 4.78 is 9.85. The smallest absolute Gasteiger partial charge is 0.442 e. The molecule has 0 atom stereocenters. The van der Waals surface area contributed by atoms with E-state index in [4.69, 9.17) is 9.47 Å². The van der Waals surface area contributed by atoms with Crippen LogP contribution < -0.4 is 0 Å². The molecule has 0 rings (SSSR count). The van der Waals surface area contributed by atoms with Crippen molar-refractivity contribution in [3.8, 4) is 0 Å². The SMILES string of the molecule is CC(N=NC(=O)OC(C)(C)C)=NC(=O)OC(C)(C)C. The first-order valence-electron chi connectivity index (χ1n) is 5.82. The number of ether oxygens (including phenoxy) is 2. The van der Waals surface area contributed by atoms with Gasteiger partial charge in [-0.25, -0.2) is 9.59 Å². The van der Waals surface area contributed by atoms with Gasteiger partial charge < -0.3 is 9.47 Å². The molecule has 0 heterocycles. The van der Waals surface area contributed by atoms with Crippen molar-refractivity contribution >= 4 is 18.0 Å². The molecule has 0 aromatic rings. The zero-order valence-electron chi connectivity index (χ0n) is 12.5. The van der Waals surface area contributed by atoms with E-state index in [9.17, 15) is 9.59 Å². The number of rotatable bonds is 0. The molecule has 108 valence electrons. The summed E-state index contributed by atoms with van der Waals surface area (Å²) in [6.45, 7) is 11.7. The molecule has 0 aliphatic rings. The van der Waals surface area contributed by atoms with Gasteiger partial charge >= 0.3 is 12.2 Å². The van der Waals surface area contributed by atoms with Gasteiger partial charge in [0.25, 0.3) is 0 Å². The Labute approximate surface area is 113 Å². The van der Waals surface area contributed by atoms with Crippen molar-refractivity contribution in [3.05, 3.63) is 0 Å². The van der Waals surface area contributed by atoms with E-state index in [1.165, 1.54) is 6.92 Å². The van der Waals surface area contributed by atoms with Crippen LogP contribution in [0.5, 0.6) is 0 Å². The Morgan fingerprint density at radius 3 is 1.63 bits per heavy atom. The molecule has 2 amide bonds. The summed E-state index contributed by atoms with van der Waals surface area (Å²) in [6, 6.07) is 0. The van der Waals surface area contributed by atoms with Crippen LogP contribution in [0.25, 0.3) is 0 Å². The van der Waals surface area contributed by atoms with Gasteiger partial charge in [-0.2, -0.15) is 4.99 Å². The number of nitrogens with zero attached hydrogens (tertiary/aromatic N) is 3. The van der Waals surface area contributed by atoms with Crippen LogP contribution in [0, 0.1) is 0 Å². The fraction of sp³-hybridized carbons (Fsp3) is 0.750. The number of carbonyl (C=O) groups is 2. The lowest BCUT2D eigenvalue weighted by atomic mass is 10.2. The topological polar surface area (TPSA) is 89.7 Å². The maximum atomic E-state index is 11.3. The van der Waals surface area contributed by atoms with E-state index in [1.807, 2.05) is 0 Å². The van der Waals surface area contributed by atoms with E-state index in [0.29, 0.717) is 0 Å². The second kappa shape index (κ2) is 6.40. The maximum absolute atomic E-state index is 11.3. The molecule has 0 saturated heterocycles. The highest BCUT2D eigenvalue weighted by Gasteiger charge is 2.17. The summed E-state index contributed by atoms with van der Waals surface area (Å²) in [7, 11) is 0. The predicted molar refractivity (Wildman–Crippen MR) is 70.4 cm³/mol. The van der Waals surface area contributed by atoms with Crippen LogP contribution in [-0.2, 0) is 9.47 Å². The molecule has 0 aliphatic heterocycles. The fourth-order valence-corrected chi connectivity index (χ4v) is 0.835. The molecule has 0 aromatic heterocycles. The van der Waals surface area contributed by atoms with Crippen molar-refractivity contribution in [1.82, 2.24) is 0 Å². The second-order valence-electron chi connectivity index (χ2n) is 5.82. The Bertz CT molecular complexity index is 400. The van der Waals surface area contributed by atoms with Crippen LogP contribution in [0.15, 0.2) is 15.2 Å². The number of hydrogen-bond acceptors (Lipinski definition) is 4. The number of aliphatic imine (C=N–C) groups is 1. The van der Waals surface area contributed by atoms with Crippen LogP contribution in [0.4, 0.5) is 9.59 Å². The first kappa shape index (κ1) is 17.2. The lowest BCUT2D eigenvalue weighted by molar-refractivity contribution is 0.0580. The van der Waals surface area contributed by atoms with E-state index in [-0.39, 0.29) is 5.84 Å². The number of azo groups is 1. The highest BCUT2D eigenvalue weighted by Crippen LogP contribution is 2.09. The first-order chi connectivity index (χ1) is 8.39.